The number of imidazole rings is 1. The van der Waals surface area contributed by atoms with Gasteiger partial charge in [-0.1, -0.05) is 0 Å². The van der Waals surface area contributed by atoms with Gasteiger partial charge in [0.05, 0.1) is 6.42 Å². The molecular formula is C10H9N3O3. The molecule has 0 aliphatic heterocycles. The van der Waals surface area contributed by atoms with Gasteiger partial charge in [0.25, 0.3) is 0 Å². The molecule has 2 aromatic heterocycles. The summed E-state index contributed by atoms with van der Waals surface area (Å²) >= 11 is 0. The number of nitrogens with zero attached hydrogens (tertiary/aromatic N) is 3. The van der Waals surface area contributed by atoms with E-state index in [2.05, 4.69) is 10.2 Å². The van der Waals surface area contributed by atoms with Crippen molar-refractivity contribution in [3.8, 4) is 0 Å². The summed E-state index contributed by atoms with van der Waals surface area (Å²) in [5.41, 5.74) is 1.70. The predicted molar refractivity (Wildman–Crippen MR) is 56.7 cm³/mol. The van der Waals surface area contributed by atoms with E-state index in [0.29, 0.717) is 5.65 Å². The fourth-order valence-electron chi connectivity index (χ4n) is 1.54. The number of aryl methyl sites for hydroxylation is 1. The second-order valence-corrected chi connectivity index (χ2v) is 3.48. The number of aromatic nitrogens is 2. The summed E-state index contributed by atoms with van der Waals surface area (Å²) in [4.78, 5) is 25.3. The summed E-state index contributed by atoms with van der Waals surface area (Å²) in [6.45, 7) is 1.89. The minimum atomic E-state index is -1.04. The van der Waals surface area contributed by atoms with E-state index < -0.39 is 5.97 Å². The first kappa shape index (κ1) is 10.3. The minimum Gasteiger partial charge on any atom is -0.481 e. The van der Waals surface area contributed by atoms with Gasteiger partial charge in [-0.15, -0.1) is 4.91 Å². The molecule has 6 nitrogen and oxygen atoms in total. The Morgan fingerprint density at radius 1 is 1.62 bits per heavy atom. The van der Waals surface area contributed by atoms with E-state index in [0.717, 1.165) is 5.56 Å². The Balaban J connectivity index is 2.65. The quantitative estimate of drug-likeness (QED) is 0.795. The van der Waals surface area contributed by atoms with Crippen LogP contribution in [0.2, 0.25) is 0 Å². The number of aliphatic carboxylic acids is 1. The Morgan fingerprint density at radius 2 is 2.38 bits per heavy atom. The Hall–Kier alpha value is -2.24. The van der Waals surface area contributed by atoms with Crippen LogP contribution in [0.3, 0.4) is 0 Å². The van der Waals surface area contributed by atoms with Crippen molar-refractivity contribution in [3.63, 3.8) is 0 Å². The van der Waals surface area contributed by atoms with E-state index in [1.807, 2.05) is 6.92 Å². The topological polar surface area (TPSA) is 84.0 Å². The monoisotopic (exact) mass is 219 g/mol. The average molecular weight is 219 g/mol. The molecule has 82 valence electrons. The number of carbonyl (C=O) groups is 1. The van der Waals surface area contributed by atoms with Gasteiger partial charge in [0, 0.05) is 6.20 Å². The highest BCUT2D eigenvalue weighted by atomic mass is 16.4. The zero-order valence-electron chi connectivity index (χ0n) is 8.54. The lowest BCUT2D eigenvalue weighted by molar-refractivity contribution is -0.136. The third-order valence-corrected chi connectivity index (χ3v) is 2.23. The van der Waals surface area contributed by atoms with Gasteiger partial charge in [0.2, 0.25) is 5.82 Å². The van der Waals surface area contributed by atoms with Crippen LogP contribution in [0, 0.1) is 11.8 Å². The van der Waals surface area contributed by atoms with E-state index in [9.17, 15) is 9.70 Å². The van der Waals surface area contributed by atoms with Gasteiger partial charge >= 0.3 is 5.97 Å². The molecule has 2 aromatic rings. The first-order valence-electron chi connectivity index (χ1n) is 4.64. The van der Waals surface area contributed by atoms with Crippen molar-refractivity contribution in [1.29, 1.82) is 0 Å². The Kier molecular flexibility index (Phi) is 2.40. The molecule has 0 atom stereocenters. The van der Waals surface area contributed by atoms with Crippen LogP contribution >= 0.6 is 0 Å². The van der Waals surface area contributed by atoms with Crippen molar-refractivity contribution in [2.75, 3.05) is 0 Å². The molecule has 0 aliphatic carbocycles. The van der Waals surface area contributed by atoms with Crippen LogP contribution in [0.5, 0.6) is 0 Å². The third-order valence-electron chi connectivity index (χ3n) is 2.23. The summed E-state index contributed by atoms with van der Waals surface area (Å²) in [6.07, 6.45) is 1.35. The second-order valence-electron chi connectivity index (χ2n) is 3.48. The maximum absolute atomic E-state index is 10.7. The Morgan fingerprint density at radius 3 is 3.00 bits per heavy atom. The maximum Gasteiger partial charge on any atom is 0.309 e. The third kappa shape index (κ3) is 1.65. The van der Waals surface area contributed by atoms with E-state index in [4.69, 9.17) is 5.11 Å². The van der Waals surface area contributed by atoms with Gasteiger partial charge in [-0.05, 0) is 29.8 Å². The number of fused-ring (bicyclic) bond motifs is 1. The van der Waals surface area contributed by atoms with Crippen molar-refractivity contribution >= 4 is 17.4 Å². The summed E-state index contributed by atoms with van der Waals surface area (Å²) < 4.78 is 1.48. The molecule has 0 fully saturated rings. The van der Waals surface area contributed by atoms with Crippen LogP contribution in [0.1, 0.15) is 11.3 Å². The Labute approximate surface area is 90.5 Å². The van der Waals surface area contributed by atoms with Gasteiger partial charge in [-0.25, -0.2) is 4.98 Å². The molecule has 0 unspecified atom stereocenters. The maximum atomic E-state index is 10.7. The molecule has 2 rings (SSSR count). The van der Waals surface area contributed by atoms with Crippen LogP contribution in [0.15, 0.2) is 23.5 Å². The summed E-state index contributed by atoms with van der Waals surface area (Å²) in [5, 5.41) is 11.5. The van der Waals surface area contributed by atoms with Crippen molar-refractivity contribution < 1.29 is 9.90 Å². The highest BCUT2D eigenvalue weighted by Gasteiger charge is 2.15. The van der Waals surface area contributed by atoms with Crippen molar-refractivity contribution in [2.45, 2.75) is 13.3 Å². The van der Waals surface area contributed by atoms with Gasteiger partial charge in [0.1, 0.15) is 11.3 Å². The van der Waals surface area contributed by atoms with Crippen molar-refractivity contribution in [3.05, 3.63) is 34.5 Å². The standard InChI is InChI=1S/C10H9N3O3/c1-6-2-3-13-8(4-6)11-7(5-9(14)15)10(13)12-16/h2-4H,5H2,1H3,(H,14,15). The molecule has 0 saturated carbocycles. The largest absolute Gasteiger partial charge is 0.481 e. The number of carboxylic acid groups (broad SMARTS) is 1. The summed E-state index contributed by atoms with van der Waals surface area (Å²) in [6, 6.07) is 3.56. The lowest BCUT2D eigenvalue weighted by atomic mass is 10.3. The lowest BCUT2D eigenvalue weighted by Crippen LogP contribution is -2.00. The Bertz CT molecular complexity index is 574. The number of nitroso groups, excluding NO2 is 1. The molecule has 0 saturated heterocycles. The molecule has 1 N–H and O–H groups in total. The molecule has 0 spiro atoms. The zero-order chi connectivity index (χ0) is 11.7. The zero-order valence-corrected chi connectivity index (χ0v) is 8.54. The van der Waals surface area contributed by atoms with Crippen LogP contribution in [-0.4, -0.2) is 20.5 Å². The summed E-state index contributed by atoms with van der Waals surface area (Å²) in [5.74, 6) is -0.984. The molecule has 6 heteroatoms. The second kappa shape index (κ2) is 3.73. The van der Waals surface area contributed by atoms with Gasteiger partial charge < -0.3 is 5.11 Å². The van der Waals surface area contributed by atoms with Crippen LogP contribution in [0.4, 0.5) is 5.82 Å². The van der Waals surface area contributed by atoms with E-state index in [1.165, 1.54) is 4.40 Å². The van der Waals surface area contributed by atoms with Crippen molar-refractivity contribution in [1.82, 2.24) is 9.38 Å². The normalized spacial score (nSPS) is 10.6. The number of carboxylic acids is 1. The first-order valence-corrected chi connectivity index (χ1v) is 4.64. The number of pyridine rings is 1. The average Bonchev–Trinajstić information content (AvgIpc) is 2.52. The van der Waals surface area contributed by atoms with E-state index in [1.54, 1.807) is 18.3 Å². The van der Waals surface area contributed by atoms with E-state index in [-0.39, 0.29) is 17.9 Å². The molecule has 0 aliphatic rings. The van der Waals surface area contributed by atoms with Gasteiger partial charge in [-0.3, -0.25) is 9.20 Å². The fourth-order valence-corrected chi connectivity index (χ4v) is 1.54. The number of hydrogen-bond donors (Lipinski definition) is 1. The molecule has 16 heavy (non-hydrogen) atoms. The smallest absolute Gasteiger partial charge is 0.309 e. The van der Waals surface area contributed by atoms with Crippen LogP contribution in [-0.2, 0) is 11.2 Å². The van der Waals surface area contributed by atoms with Crippen LogP contribution < -0.4 is 0 Å². The number of hydrogen-bond acceptors (Lipinski definition) is 4. The molecule has 0 radical (unpaired) electrons. The van der Waals surface area contributed by atoms with E-state index >= 15 is 0 Å². The van der Waals surface area contributed by atoms with Crippen molar-refractivity contribution in [2.24, 2.45) is 5.18 Å². The fraction of sp³-hybridized carbons (Fsp3) is 0.200. The lowest BCUT2D eigenvalue weighted by Gasteiger charge is -1.95. The first-order chi connectivity index (χ1) is 7.61. The number of rotatable bonds is 3. The summed E-state index contributed by atoms with van der Waals surface area (Å²) in [7, 11) is 0. The molecule has 0 bridgehead atoms. The minimum absolute atomic E-state index is 0.0531. The highest BCUT2D eigenvalue weighted by molar-refractivity contribution is 5.72. The van der Waals surface area contributed by atoms with Gasteiger partial charge in [0.15, 0.2) is 0 Å². The molecular weight excluding hydrogens is 210 g/mol. The molecule has 2 heterocycles. The predicted octanol–water partition coefficient (Wildman–Crippen LogP) is 1.67. The van der Waals surface area contributed by atoms with Crippen LogP contribution in [0.25, 0.3) is 5.65 Å². The highest BCUT2D eigenvalue weighted by Crippen LogP contribution is 2.22. The van der Waals surface area contributed by atoms with Gasteiger partial charge in [-0.2, -0.15) is 0 Å². The molecule has 0 aromatic carbocycles. The molecule has 0 amide bonds. The SMILES string of the molecule is Cc1ccn2c(N=O)c(CC(=O)O)nc2c1.